The zero-order valence-corrected chi connectivity index (χ0v) is 19.6. The molecule has 0 unspecified atom stereocenters. The smallest absolute Gasteiger partial charge is 0.192 e. The van der Waals surface area contributed by atoms with Crippen LogP contribution in [0.2, 0.25) is 0 Å². The van der Waals surface area contributed by atoms with Crippen molar-refractivity contribution >= 4 is 52.6 Å². The lowest BCUT2D eigenvalue weighted by atomic mass is 10.3. The lowest BCUT2D eigenvalue weighted by Gasteiger charge is -2.11. The fourth-order valence-electron chi connectivity index (χ4n) is 2.31. The molecule has 2 N–H and O–H groups in total. The Bertz CT molecular complexity index is 855. The maximum absolute atomic E-state index is 4.66. The van der Waals surface area contributed by atoms with E-state index in [0.717, 1.165) is 35.6 Å². The molecule has 27 heavy (non-hydrogen) atoms. The molecule has 0 saturated heterocycles. The minimum atomic E-state index is 0. The van der Waals surface area contributed by atoms with Gasteiger partial charge in [-0.25, -0.2) is 9.98 Å². The summed E-state index contributed by atoms with van der Waals surface area (Å²) in [6.07, 6.45) is 2.86. The second kappa shape index (κ2) is 10.7. The van der Waals surface area contributed by atoms with E-state index in [-0.39, 0.29) is 24.0 Å². The molecular weight excluding hydrogens is 493 g/mol. The Labute approximate surface area is 184 Å². The molecule has 0 atom stereocenters. The summed E-state index contributed by atoms with van der Waals surface area (Å²) in [5, 5.41) is 18.2. The molecule has 0 aliphatic carbocycles. The minimum absolute atomic E-state index is 0. The van der Waals surface area contributed by atoms with Crippen LogP contribution < -0.4 is 10.6 Å². The maximum Gasteiger partial charge on any atom is 0.192 e. The van der Waals surface area contributed by atoms with E-state index in [1.165, 1.54) is 9.75 Å². The van der Waals surface area contributed by atoms with Crippen molar-refractivity contribution in [3.63, 3.8) is 0 Å². The molecule has 3 rings (SSSR count). The fourth-order valence-corrected chi connectivity index (χ4v) is 3.75. The summed E-state index contributed by atoms with van der Waals surface area (Å²) in [5.41, 5.74) is 0. The molecule has 3 heterocycles. The van der Waals surface area contributed by atoms with Crippen LogP contribution in [0.4, 0.5) is 0 Å². The number of thiophene rings is 1. The summed E-state index contributed by atoms with van der Waals surface area (Å²) < 4.78 is 1.96. The Balaban J connectivity index is 0.00000261. The first-order valence-corrected chi connectivity index (χ1v) is 10.1. The summed E-state index contributed by atoms with van der Waals surface area (Å²) >= 11 is 3.46. The third-order valence-electron chi connectivity index (χ3n) is 3.88. The first-order valence-electron chi connectivity index (χ1n) is 8.42. The molecule has 0 aromatic carbocycles. The standard InChI is InChI=1S/C17H23N7S2.HI/c1-12-9-19-16(26-12)11-21-17(18-7-6-14-5-4-8-25-14)20-10-15-23-22-13(2)24(15)3;/h4-5,8-9H,6-7,10-11H2,1-3H3,(H2,18,20,21);1H. The van der Waals surface area contributed by atoms with Crippen LogP contribution in [0.1, 0.15) is 26.4 Å². The van der Waals surface area contributed by atoms with Crippen LogP contribution in [0, 0.1) is 13.8 Å². The van der Waals surface area contributed by atoms with Gasteiger partial charge in [-0.3, -0.25) is 0 Å². The summed E-state index contributed by atoms with van der Waals surface area (Å²) in [7, 11) is 1.95. The van der Waals surface area contributed by atoms with Crippen LogP contribution in [0.15, 0.2) is 28.7 Å². The van der Waals surface area contributed by atoms with Gasteiger partial charge in [-0.15, -0.1) is 56.8 Å². The molecule has 0 bridgehead atoms. The predicted molar refractivity (Wildman–Crippen MR) is 122 cm³/mol. The topological polar surface area (TPSA) is 80.0 Å². The Hall–Kier alpha value is -1.53. The first kappa shape index (κ1) is 21.8. The Morgan fingerprint density at radius 3 is 2.74 bits per heavy atom. The number of halogens is 1. The number of guanidine groups is 1. The number of thiazole rings is 1. The predicted octanol–water partition coefficient (Wildman–Crippen LogP) is 3.05. The van der Waals surface area contributed by atoms with Crippen molar-refractivity contribution in [2.75, 3.05) is 6.54 Å². The minimum Gasteiger partial charge on any atom is -0.356 e. The average molecular weight is 517 g/mol. The molecule has 7 nitrogen and oxygen atoms in total. The highest BCUT2D eigenvalue weighted by molar-refractivity contribution is 14.0. The fraction of sp³-hybridized carbons (Fsp3) is 0.412. The van der Waals surface area contributed by atoms with Gasteiger partial charge in [0.05, 0.1) is 6.54 Å². The van der Waals surface area contributed by atoms with Gasteiger partial charge in [0.1, 0.15) is 17.4 Å². The van der Waals surface area contributed by atoms with Gasteiger partial charge >= 0.3 is 0 Å². The number of hydrogen-bond donors (Lipinski definition) is 2. The largest absolute Gasteiger partial charge is 0.356 e. The van der Waals surface area contributed by atoms with Crippen LogP contribution >= 0.6 is 46.7 Å². The number of aryl methyl sites for hydroxylation is 2. The normalized spacial score (nSPS) is 11.3. The summed E-state index contributed by atoms with van der Waals surface area (Å²) in [6, 6.07) is 4.23. The van der Waals surface area contributed by atoms with Crippen molar-refractivity contribution < 1.29 is 0 Å². The van der Waals surface area contributed by atoms with Gasteiger partial charge in [-0.2, -0.15) is 0 Å². The molecule has 146 valence electrons. The molecule has 0 aliphatic rings. The molecule has 0 spiro atoms. The van der Waals surface area contributed by atoms with Gasteiger partial charge in [0.2, 0.25) is 0 Å². The van der Waals surface area contributed by atoms with E-state index in [1.807, 2.05) is 24.7 Å². The van der Waals surface area contributed by atoms with Crippen molar-refractivity contribution in [2.24, 2.45) is 12.0 Å². The number of aromatic nitrogens is 4. The van der Waals surface area contributed by atoms with E-state index in [4.69, 9.17) is 0 Å². The lowest BCUT2D eigenvalue weighted by molar-refractivity contribution is 0.748. The molecule has 10 heteroatoms. The van der Waals surface area contributed by atoms with E-state index in [2.05, 4.69) is 55.2 Å². The average Bonchev–Trinajstić information content (AvgIpc) is 3.35. The summed E-state index contributed by atoms with van der Waals surface area (Å²) in [6.45, 7) is 5.94. The molecule has 0 saturated carbocycles. The van der Waals surface area contributed by atoms with Crippen molar-refractivity contribution in [1.82, 2.24) is 30.4 Å². The lowest BCUT2D eigenvalue weighted by Crippen LogP contribution is -2.38. The Kier molecular flexibility index (Phi) is 8.64. The molecule has 0 aliphatic heterocycles. The Morgan fingerprint density at radius 1 is 1.26 bits per heavy atom. The van der Waals surface area contributed by atoms with Crippen molar-refractivity contribution in [3.8, 4) is 0 Å². The third-order valence-corrected chi connectivity index (χ3v) is 5.73. The monoisotopic (exact) mass is 517 g/mol. The maximum atomic E-state index is 4.66. The third kappa shape index (κ3) is 6.54. The first-order chi connectivity index (χ1) is 12.6. The van der Waals surface area contributed by atoms with Gasteiger partial charge < -0.3 is 15.2 Å². The molecule has 0 fully saturated rings. The summed E-state index contributed by atoms with van der Waals surface area (Å²) in [5.74, 6) is 2.48. The van der Waals surface area contributed by atoms with Crippen molar-refractivity contribution in [3.05, 3.63) is 50.1 Å². The zero-order chi connectivity index (χ0) is 18.4. The van der Waals surface area contributed by atoms with E-state index < -0.39 is 0 Å². The number of hydrogen-bond acceptors (Lipinski definition) is 6. The van der Waals surface area contributed by atoms with Gasteiger partial charge in [0, 0.05) is 29.5 Å². The summed E-state index contributed by atoms with van der Waals surface area (Å²) in [4.78, 5) is 11.6. The highest BCUT2D eigenvalue weighted by Gasteiger charge is 2.06. The van der Waals surface area contributed by atoms with Gasteiger partial charge in [0.15, 0.2) is 11.8 Å². The van der Waals surface area contributed by atoms with Crippen LogP contribution in [0.3, 0.4) is 0 Å². The van der Waals surface area contributed by atoms with Crippen LogP contribution in [0.5, 0.6) is 0 Å². The SMILES string of the molecule is Cc1cnc(CNC(=NCc2nnc(C)n2C)NCCc2cccs2)s1.I. The quantitative estimate of drug-likeness (QED) is 0.286. The molecule has 0 amide bonds. The second-order valence-electron chi connectivity index (χ2n) is 5.86. The van der Waals surface area contributed by atoms with E-state index in [9.17, 15) is 0 Å². The number of rotatable bonds is 7. The molecule has 3 aromatic rings. The number of aliphatic imine (C=N–C) groups is 1. The Morgan fingerprint density at radius 2 is 2.11 bits per heavy atom. The number of nitrogens with zero attached hydrogens (tertiary/aromatic N) is 5. The zero-order valence-electron chi connectivity index (χ0n) is 15.6. The second-order valence-corrected chi connectivity index (χ2v) is 8.21. The van der Waals surface area contributed by atoms with Crippen LogP contribution in [-0.2, 0) is 26.6 Å². The van der Waals surface area contributed by atoms with Gasteiger partial charge in [-0.1, -0.05) is 6.07 Å². The molecular formula is C17H24IN7S2. The van der Waals surface area contributed by atoms with Crippen molar-refractivity contribution in [2.45, 2.75) is 33.4 Å². The van der Waals surface area contributed by atoms with Gasteiger partial charge in [-0.05, 0) is 31.7 Å². The van der Waals surface area contributed by atoms with Crippen molar-refractivity contribution in [1.29, 1.82) is 0 Å². The molecule has 0 radical (unpaired) electrons. The molecule has 3 aromatic heterocycles. The van der Waals surface area contributed by atoms with Crippen LogP contribution in [-0.4, -0.2) is 32.3 Å². The van der Waals surface area contributed by atoms with Gasteiger partial charge in [0.25, 0.3) is 0 Å². The number of nitrogens with one attached hydrogen (secondary N) is 2. The highest BCUT2D eigenvalue weighted by Crippen LogP contribution is 2.10. The van der Waals surface area contributed by atoms with Crippen LogP contribution in [0.25, 0.3) is 0 Å². The highest BCUT2D eigenvalue weighted by atomic mass is 127. The van der Waals surface area contributed by atoms with E-state index >= 15 is 0 Å². The van der Waals surface area contributed by atoms with E-state index in [1.54, 1.807) is 22.7 Å². The van der Waals surface area contributed by atoms with E-state index in [0.29, 0.717) is 13.1 Å².